The number of hydrogen-bond acceptors (Lipinski definition) is 3. The maximum atomic E-state index is 14.0. The van der Waals surface area contributed by atoms with Gasteiger partial charge in [-0.15, -0.1) is 0 Å². The van der Waals surface area contributed by atoms with Gasteiger partial charge in [-0.05, 0) is 47.2 Å². The molecule has 0 radical (unpaired) electrons. The van der Waals surface area contributed by atoms with Crippen molar-refractivity contribution in [3.05, 3.63) is 126 Å². The number of nitrogens with zero attached hydrogens (tertiary/aromatic N) is 3. The van der Waals surface area contributed by atoms with E-state index < -0.39 is 0 Å². The van der Waals surface area contributed by atoms with Crippen molar-refractivity contribution in [3.8, 4) is 11.1 Å². The summed E-state index contributed by atoms with van der Waals surface area (Å²) in [5.74, 6) is 0.695. The normalized spacial score (nSPS) is 13.6. The third kappa shape index (κ3) is 7.03. The highest BCUT2D eigenvalue weighted by Crippen LogP contribution is 2.26. The molecule has 0 bridgehead atoms. The molecular formula is C37H38N4O2. The van der Waals surface area contributed by atoms with Gasteiger partial charge < -0.3 is 14.8 Å². The van der Waals surface area contributed by atoms with Gasteiger partial charge in [0.15, 0.2) is 0 Å². The Morgan fingerprint density at radius 2 is 1.40 bits per heavy atom. The Morgan fingerprint density at radius 1 is 0.744 bits per heavy atom. The molecule has 1 heterocycles. The van der Waals surface area contributed by atoms with Crippen molar-refractivity contribution in [3.63, 3.8) is 0 Å². The smallest absolute Gasteiger partial charge is 0.243 e. The minimum Gasteiger partial charge on any atom is -0.349 e. The molecule has 1 aliphatic carbocycles. The summed E-state index contributed by atoms with van der Waals surface area (Å²) in [6, 6.07) is 36.7. The second kappa shape index (κ2) is 13.5. The van der Waals surface area contributed by atoms with Crippen molar-refractivity contribution < 1.29 is 9.59 Å². The van der Waals surface area contributed by atoms with Crippen LogP contribution in [0.5, 0.6) is 0 Å². The van der Waals surface area contributed by atoms with Gasteiger partial charge in [-0.25, -0.2) is 4.98 Å². The minimum absolute atomic E-state index is 0.0784. The molecule has 1 aliphatic rings. The summed E-state index contributed by atoms with van der Waals surface area (Å²) in [4.78, 5) is 33.9. The van der Waals surface area contributed by atoms with Gasteiger partial charge in [0, 0.05) is 12.6 Å². The van der Waals surface area contributed by atoms with Gasteiger partial charge >= 0.3 is 0 Å². The molecule has 1 saturated carbocycles. The van der Waals surface area contributed by atoms with E-state index >= 15 is 0 Å². The molecule has 1 aromatic heterocycles. The van der Waals surface area contributed by atoms with Crippen LogP contribution in [0.25, 0.3) is 22.2 Å². The van der Waals surface area contributed by atoms with Crippen LogP contribution >= 0.6 is 0 Å². The molecule has 0 atom stereocenters. The predicted octanol–water partition coefficient (Wildman–Crippen LogP) is 6.92. The number of amides is 2. The zero-order valence-electron chi connectivity index (χ0n) is 24.5. The van der Waals surface area contributed by atoms with Gasteiger partial charge in [0.2, 0.25) is 11.8 Å². The largest absolute Gasteiger partial charge is 0.349 e. The average molecular weight is 571 g/mol. The molecule has 6 rings (SSSR count). The van der Waals surface area contributed by atoms with Crippen LogP contribution in [0.3, 0.4) is 0 Å². The zero-order chi connectivity index (χ0) is 29.4. The van der Waals surface area contributed by atoms with Crippen LogP contribution in [-0.2, 0) is 35.6 Å². The number of benzene rings is 4. The number of carbonyl (C=O) groups excluding carboxylic acids is 2. The van der Waals surface area contributed by atoms with Crippen LogP contribution in [0.2, 0.25) is 0 Å². The Bertz CT molecular complexity index is 1660. The van der Waals surface area contributed by atoms with Crippen molar-refractivity contribution in [2.24, 2.45) is 0 Å². The van der Waals surface area contributed by atoms with E-state index in [0.717, 1.165) is 59.0 Å². The molecule has 1 N–H and O–H groups in total. The predicted molar refractivity (Wildman–Crippen MR) is 171 cm³/mol. The zero-order valence-corrected chi connectivity index (χ0v) is 24.5. The van der Waals surface area contributed by atoms with E-state index in [1.165, 1.54) is 6.42 Å². The Morgan fingerprint density at radius 3 is 2.14 bits per heavy atom. The number of fused-ring (bicyclic) bond motifs is 1. The summed E-state index contributed by atoms with van der Waals surface area (Å²) in [5.41, 5.74) is 6.09. The van der Waals surface area contributed by atoms with Crippen LogP contribution in [0.1, 0.15) is 49.1 Å². The lowest BCUT2D eigenvalue weighted by Gasteiger charge is -2.35. The quantitative estimate of drug-likeness (QED) is 0.198. The first-order valence-corrected chi connectivity index (χ1v) is 15.3. The standard InChI is InChI=1S/C37H38N4O2/c42-36(24-28-20-22-31(23-21-28)30-14-6-2-7-15-30)38-25-35-39-33-18-10-11-19-34(33)41(35)27-37(43)40(32-16-8-3-9-17-32)26-29-12-4-1-5-13-29/h1-2,4-7,10-15,18-23,32H,3,8-9,16-17,24-27H2,(H,38,42). The van der Waals surface area contributed by atoms with E-state index in [1.54, 1.807) is 0 Å². The lowest BCUT2D eigenvalue weighted by molar-refractivity contribution is -0.135. The first-order valence-electron chi connectivity index (χ1n) is 15.3. The summed E-state index contributed by atoms with van der Waals surface area (Å²) in [7, 11) is 0. The van der Waals surface area contributed by atoms with Crippen LogP contribution in [0.4, 0.5) is 0 Å². The summed E-state index contributed by atoms with van der Waals surface area (Å²) in [6.07, 6.45) is 5.90. The monoisotopic (exact) mass is 570 g/mol. The van der Waals surface area contributed by atoms with Crippen molar-refractivity contribution >= 4 is 22.8 Å². The van der Waals surface area contributed by atoms with Gasteiger partial charge in [0.05, 0.1) is 24.0 Å². The second-order valence-corrected chi connectivity index (χ2v) is 11.4. The maximum absolute atomic E-state index is 14.0. The van der Waals surface area contributed by atoms with Crippen LogP contribution in [-0.4, -0.2) is 32.3 Å². The number of rotatable bonds is 10. The molecule has 0 aliphatic heterocycles. The fourth-order valence-corrected chi connectivity index (χ4v) is 6.13. The summed E-state index contributed by atoms with van der Waals surface area (Å²) >= 11 is 0. The van der Waals surface area contributed by atoms with Gasteiger partial charge in [-0.3, -0.25) is 9.59 Å². The number of para-hydroxylation sites is 2. The van der Waals surface area contributed by atoms with Crippen molar-refractivity contribution in [1.29, 1.82) is 0 Å². The van der Waals surface area contributed by atoms with Crippen molar-refractivity contribution in [2.45, 2.75) is 64.2 Å². The fraction of sp³-hybridized carbons (Fsp3) is 0.270. The van der Waals surface area contributed by atoms with E-state index in [-0.39, 0.29) is 37.4 Å². The molecule has 6 nitrogen and oxygen atoms in total. The highest BCUT2D eigenvalue weighted by atomic mass is 16.2. The van der Waals surface area contributed by atoms with Crippen LogP contribution in [0, 0.1) is 0 Å². The first-order chi connectivity index (χ1) is 21.1. The number of carbonyl (C=O) groups is 2. The first kappa shape index (κ1) is 28.4. The number of nitrogens with one attached hydrogen (secondary N) is 1. The van der Waals surface area contributed by atoms with Crippen LogP contribution in [0.15, 0.2) is 109 Å². The molecule has 6 heteroatoms. The Labute approximate surface area is 253 Å². The Kier molecular flexibility index (Phi) is 8.93. The topological polar surface area (TPSA) is 67.2 Å². The highest BCUT2D eigenvalue weighted by Gasteiger charge is 2.27. The molecule has 0 saturated heterocycles. The molecule has 1 fully saturated rings. The Balaban J connectivity index is 1.16. The van der Waals surface area contributed by atoms with Gasteiger partial charge in [-0.2, -0.15) is 0 Å². The number of aromatic nitrogens is 2. The van der Waals surface area contributed by atoms with Gasteiger partial charge in [0.25, 0.3) is 0 Å². The maximum Gasteiger partial charge on any atom is 0.243 e. The highest BCUT2D eigenvalue weighted by molar-refractivity contribution is 5.82. The SMILES string of the molecule is O=C(Cc1ccc(-c2ccccc2)cc1)NCc1nc2ccccc2n1CC(=O)N(Cc1ccccc1)C1CCCCC1. The fourth-order valence-electron chi connectivity index (χ4n) is 6.13. The second-order valence-electron chi connectivity index (χ2n) is 11.4. The molecule has 43 heavy (non-hydrogen) atoms. The molecular weight excluding hydrogens is 532 g/mol. The van der Waals surface area contributed by atoms with E-state index in [4.69, 9.17) is 4.98 Å². The lowest BCUT2D eigenvalue weighted by Crippen LogP contribution is -2.42. The Hall–Kier alpha value is -4.71. The van der Waals surface area contributed by atoms with E-state index in [1.807, 2.05) is 77.4 Å². The third-order valence-electron chi connectivity index (χ3n) is 8.43. The average Bonchev–Trinajstić information content (AvgIpc) is 3.41. The molecule has 218 valence electrons. The van der Waals surface area contributed by atoms with Gasteiger partial charge in [-0.1, -0.05) is 116 Å². The third-order valence-corrected chi connectivity index (χ3v) is 8.43. The molecule has 0 spiro atoms. The van der Waals surface area contributed by atoms with E-state index in [0.29, 0.717) is 12.4 Å². The van der Waals surface area contributed by atoms with Crippen molar-refractivity contribution in [2.75, 3.05) is 0 Å². The lowest BCUT2D eigenvalue weighted by atomic mass is 9.93. The molecule has 2 amide bonds. The molecule has 4 aromatic carbocycles. The van der Waals surface area contributed by atoms with E-state index in [9.17, 15) is 9.59 Å². The molecule has 0 unspecified atom stereocenters. The van der Waals surface area contributed by atoms with Crippen LogP contribution < -0.4 is 5.32 Å². The molecule has 5 aromatic rings. The van der Waals surface area contributed by atoms with Gasteiger partial charge in [0.1, 0.15) is 12.4 Å². The van der Waals surface area contributed by atoms with Crippen molar-refractivity contribution in [1.82, 2.24) is 19.8 Å². The minimum atomic E-state index is -0.0784. The summed E-state index contributed by atoms with van der Waals surface area (Å²) in [5, 5.41) is 3.05. The summed E-state index contributed by atoms with van der Waals surface area (Å²) < 4.78 is 1.98. The summed E-state index contributed by atoms with van der Waals surface area (Å²) in [6.45, 7) is 1.05. The number of hydrogen-bond donors (Lipinski definition) is 1. The van der Waals surface area contributed by atoms with E-state index in [2.05, 4.69) is 46.6 Å². The number of imidazole rings is 1.